The van der Waals surface area contributed by atoms with Crippen molar-refractivity contribution >= 4 is 21.5 Å². The van der Waals surface area contributed by atoms with Gasteiger partial charge in [-0.25, -0.2) is 9.97 Å². The molecule has 0 bridgehead atoms. The average Bonchev–Trinajstić information content (AvgIpc) is 3.53. The number of nitrogens with zero attached hydrogens (tertiary/aromatic N) is 3. The fraction of sp³-hybridized carbons (Fsp3) is 0.350. The maximum absolute atomic E-state index is 12.5. The van der Waals surface area contributed by atoms with Gasteiger partial charge in [0, 0.05) is 36.3 Å². The number of ether oxygens (including phenoxy) is 1. The lowest BCUT2D eigenvalue weighted by molar-refractivity contribution is 0.301. The molecule has 8 heteroatoms. The number of benzene rings is 1. The van der Waals surface area contributed by atoms with Gasteiger partial charge >= 0.3 is 0 Å². The van der Waals surface area contributed by atoms with E-state index in [9.17, 15) is 13.9 Å². The fourth-order valence-electron chi connectivity index (χ4n) is 3.11. The lowest BCUT2D eigenvalue weighted by atomic mass is 10.0. The van der Waals surface area contributed by atoms with Crippen molar-refractivity contribution in [1.29, 1.82) is 0 Å². The van der Waals surface area contributed by atoms with Gasteiger partial charge in [-0.15, -0.1) is 0 Å². The molecular formula is C20H23N3O4S. The van der Waals surface area contributed by atoms with Gasteiger partial charge in [-0.05, 0) is 43.9 Å². The normalized spacial score (nSPS) is 15.0. The molecule has 0 radical (unpaired) electrons. The molecule has 0 spiro atoms. The monoisotopic (exact) mass is 401 g/mol. The molecule has 7 nitrogen and oxygen atoms in total. The SMILES string of the molecule is CCS(O)(O)c1ccc(OCC2CC2)c(-c2cn(C)c(=O)c3cncnc23)c1. The number of aromatic nitrogens is 3. The molecule has 2 heterocycles. The van der Waals surface area contributed by atoms with E-state index in [0.29, 0.717) is 45.2 Å². The molecule has 0 saturated heterocycles. The van der Waals surface area contributed by atoms with Crippen molar-refractivity contribution in [2.75, 3.05) is 12.4 Å². The van der Waals surface area contributed by atoms with Crippen molar-refractivity contribution in [3.05, 3.63) is 47.3 Å². The third-order valence-electron chi connectivity index (χ3n) is 5.03. The molecule has 28 heavy (non-hydrogen) atoms. The number of aryl methyl sites for hydroxylation is 1. The third-order valence-corrected chi connectivity index (χ3v) is 6.85. The number of hydrogen-bond acceptors (Lipinski definition) is 6. The van der Waals surface area contributed by atoms with E-state index >= 15 is 0 Å². The first-order chi connectivity index (χ1) is 13.4. The van der Waals surface area contributed by atoms with Crippen LogP contribution in [0.25, 0.3) is 22.0 Å². The lowest BCUT2D eigenvalue weighted by Gasteiger charge is -2.31. The Kier molecular flexibility index (Phi) is 4.86. The molecule has 3 aromatic rings. The Morgan fingerprint density at radius 1 is 1.29 bits per heavy atom. The van der Waals surface area contributed by atoms with E-state index in [-0.39, 0.29) is 11.3 Å². The maximum Gasteiger partial charge on any atom is 0.261 e. The summed E-state index contributed by atoms with van der Waals surface area (Å²) in [6, 6.07) is 5.21. The highest BCUT2D eigenvalue weighted by Gasteiger charge is 2.24. The van der Waals surface area contributed by atoms with Gasteiger partial charge in [0.2, 0.25) is 0 Å². The molecule has 4 rings (SSSR count). The van der Waals surface area contributed by atoms with E-state index in [1.165, 1.54) is 29.9 Å². The van der Waals surface area contributed by atoms with Crippen LogP contribution in [-0.2, 0) is 7.05 Å². The number of rotatable bonds is 6. The van der Waals surface area contributed by atoms with E-state index < -0.39 is 10.6 Å². The predicted molar refractivity (Wildman–Crippen MR) is 110 cm³/mol. The largest absolute Gasteiger partial charge is 0.493 e. The van der Waals surface area contributed by atoms with Crippen molar-refractivity contribution in [3.63, 3.8) is 0 Å². The van der Waals surface area contributed by atoms with E-state index in [1.807, 2.05) is 0 Å². The summed E-state index contributed by atoms with van der Waals surface area (Å²) in [6.07, 6.45) is 6.94. The van der Waals surface area contributed by atoms with Gasteiger partial charge in [0.05, 0.1) is 22.4 Å². The van der Waals surface area contributed by atoms with Gasteiger partial charge in [-0.1, -0.05) is 0 Å². The van der Waals surface area contributed by atoms with Crippen LogP contribution < -0.4 is 10.3 Å². The van der Waals surface area contributed by atoms with Crippen LogP contribution in [0.2, 0.25) is 0 Å². The smallest absolute Gasteiger partial charge is 0.261 e. The molecule has 1 aliphatic carbocycles. The molecule has 2 aromatic heterocycles. The van der Waals surface area contributed by atoms with Crippen molar-refractivity contribution in [1.82, 2.24) is 14.5 Å². The van der Waals surface area contributed by atoms with E-state index in [2.05, 4.69) is 9.97 Å². The van der Waals surface area contributed by atoms with Gasteiger partial charge in [0.25, 0.3) is 5.56 Å². The summed E-state index contributed by atoms with van der Waals surface area (Å²) in [4.78, 5) is 21.2. The van der Waals surface area contributed by atoms with Gasteiger partial charge in [-0.3, -0.25) is 13.9 Å². The summed E-state index contributed by atoms with van der Waals surface area (Å²) in [6.45, 7) is 2.36. The first kappa shape index (κ1) is 18.9. The molecule has 0 amide bonds. The zero-order valence-corrected chi connectivity index (χ0v) is 16.6. The Bertz CT molecular complexity index is 1090. The molecule has 1 fully saturated rings. The van der Waals surface area contributed by atoms with Crippen LogP contribution in [0.4, 0.5) is 0 Å². The average molecular weight is 401 g/mol. The fourth-order valence-corrected chi connectivity index (χ4v) is 4.03. The predicted octanol–water partition coefficient (Wildman–Crippen LogP) is 3.91. The minimum absolute atomic E-state index is 0.186. The van der Waals surface area contributed by atoms with E-state index in [1.54, 1.807) is 38.4 Å². The number of fused-ring (bicyclic) bond motifs is 1. The molecule has 0 atom stereocenters. The van der Waals surface area contributed by atoms with E-state index in [0.717, 1.165) is 0 Å². The van der Waals surface area contributed by atoms with Crippen molar-refractivity contribution in [2.45, 2.75) is 24.7 Å². The summed E-state index contributed by atoms with van der Waals surface area (Å²) >= 11 is 0. The van der Waals surface area contributed by atoms with Crippen LogP contribution in [0.3, 0.4) is 0 Å². The second-order valence-corrected chi connectivity index (χ2v) is 9.49. The van der Waals surface area contributed by atoms with Crippen LogP contribution in [0.1, 0.15) is 19.8 Å². The van der Waals surface area contributed by atoms with Gasteiger partial charge in [0.15, 0.2) is 0 Å². The van der Waals surface area contributed by atoms with Gasteiger partial charge < -0.3 is 9.30 Å². The Morgan fingerprint density at radius 2 is 2.07 bits per heavy atom. The lowest BCUT2D eigenvalue weighted by Crippen LogP contribution is -2.17. The van der Waals surface area contributed by atoms with E-state index in [4.69, 9.17) is 4.74 Å². The zero-order valence-electron chi connectivity index (χ0n) is 15.8. The van der Waals surface area contributed by atoms with Gasteiger partial charge in [0.1, 0.15) is 12.1 Å². The molecule has 0 unspecified atom stereocenters. The molecular weight excluding hydrogens is 378 g/mol. The Labute approximate surface area is 164 Å². The van der Waals surface area contributed by atoms with Crippen molar-refractivity contribution in [2.24, 2.45) is 13.0 Å². The van der Waals surface area contributed by atoms with Crippen molar-refractivity contribution in [3.8, 4) is 16.9 Å². The third kappa shape index (κ3) is 3.50. The van der Waals surface area contributed by atoms with Crippen LogP contribution in [0, 0.1) is 5.92 Å². The maximum atomic E-state index is 12.5. The second-order valence-electron chi connectivity index (χ2n) is 7.11. The standard InChI is InChI=1S/C20H23N3O4S/c1-3-28(25,26)14-6-7-18(27-11-13-4-5-13)15(8-14)17-10-23(2)20(24)16-9-21-12-22-19(16)17/h6-10,12-13,25-26H,3-5,11H2,1-2H3. The molecule has 1 saturated carbocycles. The van der Waals surface area contributed by atoms with Gasteiger partial charge in [-0.2, -0.15) is 10.6 Å². The Hall–Kier alpha value is -2.42. The van der Waals surface area contributed by atoms with Crippen LogP contribution in [-0.4, -0.2) is 36.0 Å². The second kappa shape index (κ2) is 7.20. The topological polar surface area (TPSA) is 97.5 Å². The highest BCUT2D eigenvalue weighted by molar-refractivity contribution is 8.24. The number of pyridine rings is 1. The minimum atomic E-state index is -2.89. The Morgan fingerprint density at radius 3 is 2.79 bits per heavy atom. The molecule has 0 aliphatic heterocycles. The van der Waals surface area contributed by atoms with Crippen LogP contribution >= 0.6 is 10.6 Å². The number of hydrogen-bond donors (Lipinski definition) is 2. The molecule has 148 valence electrons. The minimum Gasteiger partial charge on any atom is -0.493 e. The quantitative estimate of drug-likeness (QED) is 0.650. The molecule has 2 N–H and O–H groups in total. The van der Waals surface area contributed by atoms with Crippen LogP contribution in [0.5, 0.6) is 5.75 Å². The highest BCUT2D eigenvalue weighted by atomic mass is 32.3. The molecule has 1 aromatic carbocycles. The van der Waals surface area contributed by atoms with Crippen molar-refractivity contribution < 1.29 is 13.8 Å². The summed E-state index contributed by atoms with van der Waals surface area (Å²) < 4.78 is 28.4. The summed E-state index contributed by atoms with van der Waals surface area (Å²) in [7, 11) is -1.22. The highest BCUT2D eigenvalue weighted by Crippen LogP contribution is 2.50. The first-order valence-electron chi connectivity index (χ1n) is 9.23. The summed E-state index contributed by atoms with van der Waals surface area (Å²) in [5, 5.41) is 0.406. The summed E-state index contributed by atoms with van der Waals surface area (Å²) in [5.74, 6) is 1.44. The first-order valence-corrected chi connectivity index (χ1v) is 10.9. The summed E-state index contributed by atoms with van der Waals surface area (Å²) in [5.41, 5.74) is 1.71. The molecule has 1 aliphatic rings. The zero-order chi connectivity index (χ0) is 19.9. The Balaban J connectivity index is 1.94. The van der Waals surface area contributed by atoms with Crippen LogP contribution in [0.15, 0.2) is 46.6 Å².